The average Bonchev–Trinajstić information content (AvgIpc) is 3.31. The Morgan fingerprint density at radius 2 is 1.91 bits per heavy atom. The average molecular weight is 481 g/mol. The molecule has 0 bridgehead atoms. The molecule has 2 N–H and O–H groups in total. The molecule has 1 atom stereocenters. The Bertz CT molecular complexity index is 1210. The van der Waals surface area contributed by atoms with Crippen LogP contribution in [0.25, 0.3) is 17.0 Å². The van der Waals surface area contributed by atoms with E-state index in [2.05, 4.69) is 10.5 Å². The lowest BCUT2D eigenvalue weighted by Gasteiger charge is -2.37. The van der Waals surface area contributed by atoms with Gasteiger partial charge in [0, 0.05) is 31.5 Å². The van der Waals surface area contributed by atoms with E-state index in [0.717, 1.165) is 34.4 Å². The number of rotatable bonds is 8. The summed E-state index contributed by atoms with van der Waals surface area (Å²) < 4.78 is 16.2. The Morgan fingerprint density at radius 1 is 1.15 bits per heavy atom. The van der Waals surface area contributed by atoms with E-state index in [1.807, 2.05) is 49.1 Å². The molecule has 4 rings (SSSR count). The standard InChI is InChI=1S/C25H28N4O4S/c1-15-6-8-17(9-7-15)23-27-24(33-28-23)21-16(2)29(12-5-13-31-3)25(34)26-22(21)18-10-11-20(32-4)19(30)14-18/h6-11,14,22,30H,5,12-13H2,1-4H3,(H,26,34). The third kappa shape index (κ3) is 4.76. The fourth-order valence-corrected chi connectivity index (χ4v) is 4.33. The van der Waals surface area contributed by atoms with Crippen LogP contribution < -0.4 is 10.1 Å². The summed E-state index contributed by atoms with van der Waals surface area (Å²) in [6, 6.07) is 12.8. The largest absolute Gasteiger partial charge is 0.504 e. The Morgan fingerprint density at radius 3 is 2.59 bits per heavy atom. The van der Waals surface area contributed by atoms with Crippen molar-refractivity contribution in [3.05, 3.63) is 65.2 Å². The van der Waals surface area contributed by atoms with E-state index in [1.165, 1.54) is 7.11 Å². The lowest BCUT2D eigenvalue weighted by molar-refractivity contribution is 0.188. The molecule has 0 aliphatic carbocycles. The molecule has 1 aliphatic heterocycles. The summed E-state index contributed by atoms with van der Waals surface area (Å²) in [6.07, 6.45) is 0.801. The molecule has 2 aromatic carbocycles. The Hall–Kier alpha value is -3.43. The van der Waals surface area contributed by atoms with Crippen molar-refractivity contribution >= 4 is 22.9 Å². The maximum atomic E-state index is 10.4. The van der Waals surface area contributed by atoms with Gasteiger partial charge in [-0.2, -0.15) is 4.98 Å². The van der Waals surface area contributed by atoms with Gasteiger partial charge < -0.3 is 29.3 Å². The zero-order chi connectivity index (χ0) is 24.2. The Labute approximate surface area is 204 Å². The van der Waals surface area contributed by atoms with Crippen LogP contribution in [-0.2, 0) is 4.74 Å². The lowest BCUT2D eigenvalue weighted by atomic mass is 9.94. The summed E-state index contributed by atoms with van der Waals surface area (Å²) in [4.78, 5) is 6.73. The predicted molar refractivity (Wildman–Crippen MR) is 133 cm³/mol. The number of nitrogens with zero attached hydrogens (tertiary/aromatic N) is 3. The first kappa shape index (κ1) is 23.7. The quantitative estimate of drug-likeness (QED) is 0.358. The summed E-state index contributed by atoms with van der Waals surface area (Å²) >= 11 is 5.70. The highest BCUT2D eigenvalue weighted by Crippen LogP contribution is 2.39. The van der Waals surface area contributed by atoms with E-state index < -0.39 is 6.04 Å². The van der Waals surface area contributed by atoms with Gasteiger partial charge in [-0.1, -0.05) is 41.1 Å². The van der Waals surface area contributed by atoms with E-state index in [9.17, 15) is 5.11 Å². The lowest BCUT2D eigenvalue weighted by Crippen LogP contribution is -2.46. The molecular formula is C25H28N4O4S. The molecule has 0 fully saturated rings. The molecule has 0 spiro atoms. The molecule has 9 heteroatoms. The van der Waals surface area contributed by atoms with Crippen molar-refractivity contribution < 1.29 is 19.1 Å². The molecule has 1 unspecified atom stereocenters. The number of hydrogen-bond donors (Lipinski definition) is 2. The van der Waals surface area contributed by atoms with Crippen LogP contribution in [-0.4, -0.2) is 52.6 Å². The number of aromatic nitrogens is 2. The second-order valence-corrected chi connectivity index (χ2v) is 8.49. The van der Waals surface area contributed by atoms with Crippen molar-refractivity contribution in [3.63, 3.8) is 0 Å². The van der Waals surface area contributed by atoms with Gasteiger partial charge in [0.25, 0.3) is 5.89 Å². The van der Waals surface area contributed by atoms with Gasteiger partial charge in [-0.05, 0) is 50.2 Å². The molecule has 0 saturated carbocycles. The number of benzene rings is 2. The molecule has 3 aromatic rings. The molecule has 1 aliphatic rings. The number of methoxy groups -OCH3 is 2. The number of allylic oxidation sites excluding steroid dienone is 1. The topological polar surface area (TPSA) is 92.9 Å². The highest BCUT2D eigenvalue weighted by Gasteiger charge is 2.34. The number of phenols is 1. The number of nitrogens with one attached hydrogen (secondary N) is 1. The van der Waals surface area contributed by atoms with Crippen LogP contribution >= 0.6 is 12.2 Å². The minimum absolute atomic E-state index is 0.0399. The summed E-state index contributed by atoms with van der Waals surface area (Å²) in [6.45, 7) is 5.31. The fourth-order valence-electron chi connectivity index (χ4n) is 3.98. The molecule has 0 amide bonds. The smallest absolute Gasteiger partial charge is 0.258 e. The van der Waals surface area contributed by atoms with Gasteiger partial charge in [0.2, 0.25) is 5.82 Å². The van der Waals surface area contributed by atoms with E-state index >= 15 is 0 Å². The van der Waals surface area contributed by atoms with Gasteiger partial charge in [0.15, 0.2) is 16.6 Å². The number of hydrogen-bond acceptors (Lipinski definition) is 7. The first-order valence-electron chi connectivity index (χ1n) is 11.0. The monoisotopic (exact) mass is 480 g/mol. The number of aromatic hydroxyl groups is 1. The van der Waals surface area contributed by atoms with Gasteiger partial charge in [0.05, 0.1) is 18.7 Å². The van der Waals surface area contributed by atoms with Crippen molar-refractivity contribution in [2.45, 2.75) is 26.3 Å². The van der Waals surface area contributed by atoms with Gasteiger partial charge in [-0.25, -0.2) is 0 Å². The summed E-state index contributed by atoms with van der Waals surface area (Å²) in [5.74, 6) is 1.33. The van der Waals surface area contributed by atoms with Crippen LogP contribution in [0.15, 0.2) is 52.7 Å². The first-order chi connectivity index (χ1) is 16.4. The van der Waals surface area contributed by atoms with Crippen molar-refractivity contribution in [1.82, 2.24) is 20.4 Å². The molecule has 34 heavy (non-hydrogen) atoms. The van der Waals surface area contributed by atoms with Gasteiger partial charge >= 0.3 is 0 Å². The third-order valence-corrected chi connectivity index (χ3v) is 6.17. The number of thiocarbonyl (C=S) groups is 1. The van der Waals surface area contributed by atoms with Crippen LogP contribution in [0.1, 0.15) is 36.4 Å². The molecule has 0 saturated heterocycles. The number of ether oxygens (including phenoxy) is 2. The molecule has 8 nitrogen and oxygen atoms in total. The molecule has 0 radical (unpaired) electrons. The summed E-state index contributed by atoms with van der Waals surface area (Å²) in [5.41, 5.74) is 4.51. The van der Waals surface area contributed by atoms with E-state index in [-0.39, 0.29) is 5.75 Å². The van der Waals surface area contributed by atoms with Gasteiger partial charge in [-0.15, -0.1) is 0 Å². The first-order valence-corrected chi connectivity index (χ1v) is 11.4. The second kappa shape index (κ2) is 10.2. The van der Waals surface area contributed by atoms with Crippen molar-refractivity contribution in [2.24, 2.45) is 0 Å². The van der Waals surface area contributed by atoms with Crippen LogP contribution in [0.3, 0.4) is 0 Å². The normalized spacial score (nSPS) is 16.1. The number of phenolic OH excluding ortho intramolecular Hbond substituents is 1. The van der Waals surface area contributed by atoms with Crippen LogP contribution in [0, 0.1) is 6.92 Å². The van der Waals surface area contributed by atoms with E-state index in [1.54, 1.807) is 19.2 Å². The van der Waals surface area contributed by atoms with Gasteiger partial charge in [-0.3, -0.25) is 0 Å². The predicted octanol–water partition coefficient (Wildman–Crippen LogP) is 4.46. The number of aryl methyl sites for hydroxylation is 1. The third-order valence-electron chi connectivity index (χ3n) is 5.83. The van der Waals surface area contributed by atoms with Crippen LogP contribution in [0.4, 0.5) is 0 Å². The minimum atomic E-state index is -0.394. The van der Waals surface area contributed by atoms with Crippen LogP contribution in [0.5, 0.6) is 11.5 Å². The maximum absolute atomic E-state index is 10.4. The summed E-state index contributed by atoms with van der Waals surface area (Å²) in [7, 11) is 3.19. The Kier molecular flexibility index (Phi) is 7.14. The molecule has 178 valence electrons. The molecule has 2 heterocycles. The Balaban J connectivity index is 1.78. The zero-order valence-electron chi connectivity index (χ0n) is 19.7. The fraction of sp³-hybridized carbons (Fsp3) is 0.320. The molecule has 1 aromatic heterocycles. The van der Waals surface area contributed by atoms with Crippen molar-refractivity contribution in [1.29, 1.82) is 0 Å². The summed E-state index contributed by atoms with van der Waals surface area (Å²) in [5, 5.41) is 18.6. The molecular weight excluding hydrogens is 452 g/mol. The van der Waals surface area contributed by atoms with E-state index in [4.69, 9.17) is 31.2 Å². The SMILES string of the molecule is COCCCN1C(=S)NC(c2ccc(OC)c(O)c2)C(c2nc(-c3ccc(C)cc3)no2)=C1C. The second-order valence-electron chi connectivity index (χ2n) is 8.10. The van der Waals surface area contributed by atoms with Crippen LogP contribution in [0.2, 0.25) is 0 Å². The maximum Gasteiger partial charge on any atom is 0.258 e. The van der Waals surface area contributed by atoms with Gasteiger partial charge in [0.1, 0.15) is 0 Å². The van der Waals surface area contributed by atoms with Crippen molar-refractivity contribution in [3.8, 4) is 22.9 Å². The van der Waals surface area contributed by atoms with Crippen molar-refractivity contribution in [2.75, 3.05) is 27.4 Å². The highest BCUT2D eigenvalue weighted by molar-refractivity contribution is 7.80. The zero-order valence-corrected chi connectivity index (χ0v) is 20.5. The van der Waals surface area contributed by atoms with E-state index in [0.29, 0.717) is 35.7 Å². The minimum Gasteiger partial charge on any atom is -0.504 e. The highest BCUT2D eigenvalue weighted by atomic mass is 32.1.